The van der Waals surface area contributed by atoms with Crippen molar-refractivity contribution in [1.82, 2.24) is 19.7 Å². The molecule has 21 heavy (non-hydrogen) atoms. The van der Waals surface area contributed by atoms with Crippen LogP contribution in [0.4, 0.5) is 0 Å². The van der Waals surface area contributed by atoms with Crippen molar-refractivity contribution in [2.45, 2.75) is 57.8 Å². The van der Waals surface area contributed by atoms with Crippen LogP contribution in [0.15, 0.2) is 5.16 Å². The Labute approximate surface area is 130 Å². The Morgan fingerprint density at radius 2 is 2.05 bits per heavy atom. The second-order valence-corrected chi connectivity index (χ2v) is 6.51. The summed E-state index contributed by atoms with van der Waals surface area (Å²) in [5.41, 5.74) is 0. The van der Waals surface area contributed by atoms with E-state index in [4.69, 9.17) is 5.11 Å². The van der Waals surface area contributed by atoms with Crippen LogP contribution in [0.1, 0.15) is 45.9 Å². The lowest BCUT2D eigenvalue weighted by Crippen LogP contribution is -2.32. The number of carboxylic acids is 1. The lowest BCUT2D eigenvalue weighted by atomic mass is 10.2. The number of likely N-dealkylation sites (N-methyl/N-ethyl adjacent to an activating group) is 1. The maximum Gasteiger partial charge on any atom is 0.313 e. The molecule has 0 saturated carbocycles. The van der Waals surface area contributed by atoms with Gasteiger partial charge in [0.25, 0.3) is 0 Å². The summed E-state index contributed by atoms with van der Waals surface area (Å²) in [6, 6.07) is 0.527. The van der Waals surface area contributed by atoms with Crippen molar-refractivity contribution in [3.05, 3.63) is 5.82 Å². The van der Waals surface area contributed by atoms with E-state index in [0.717, 1.165) is 25.3 Å². The quantitative estimate of drug-likeness (QED) is 0.705. The fourth-order valence-electron chi connectivity index (χ4n) is 1.96. The molecule has 0 aromatic carbocycles. The van der Waals surface area contributed by atoms with Crippen LogP contribution in [0.5, 0.6) is 0 Å². The number of hydrogen-bond donors (Lipinski definition) is 1. The van der Waals surface area contributed by atoms with Crippen molar-refractivity contribution in [2.24, 2.45) is 0 Å². The summed E-state index contributed by atoms with van der Waals surface area (Å²) in [6.45, 7) is 10.2. The van der Waals surface area contributed by atoms with Crippen LogP contribution in [0.2, 0.25) is 0 Å². The van der Waals surface area contributed by atoms with E-state index < -0.39 is 5.97 Å². The molecule has 1 aromatic heterocycles. The molecule has 1 heterocycles. The van der Waals surface area contributed by atoms with E-state index in [1.807, 2.05) is 0 Å². The third-order valence-electron chi connectivity index (χ3n) is 3.61. The smallest absolute Gasteiger partial charge is 0.313 e. The van der Waals surface area contributed by atoms with Crippen molar-refractivity contribution >= 4 is 17.7 Å². The maximum atomic E-state index is 10.7. The summed E-state index contributed by atoms with van der Waals surface area (Å²) < 4.78 is 2.05. The fourth-order valence-corrected chi connectivity index (χ4v) is 2.65. The van der Waals surface area contributed by atoms with Gasteiger partial charge in [0.05, 0.1) is 5.75 Å². The van der Waals surface area contributed by atoms with Crippen molar-refractivity contribution in [1.29, 1.82) is 0 Å². The minimum Gasteiger partial charge on any atom is -0.481 e. The Morgan fingerprint density at radius 1 is 1.38 bits per heavy atom. The zero-order chi connectivity index (χ0) is 16.0. The average molecular weight is 314 g/mol. The Kier molecular flexibility index (Phi) is 7.17. The molecule has 0 fully saturated rings. The first-order valence-corrected chi connectivity index (χ1v) is 8.33. The van der Waals surface area contributed by atoms with E-state index >= 15 is 0 Å². The van der Waals surface area contributed by atoms with E-state index in [1.165, 1.54) is 11.8 Å². The molecule has 120 valence electrons. The predicted molar refractivity (Wildman–Crippen MR) is 84.9 cm³/mol. The molecule has 1 aromatic rings. The highest BCUT2D eigenvalue weighted by molar-refractivity contribution is 7.99. The Morgan fingerprint density at radius 3 is 2.57 bits per heavy atom. The summed E-state index contributed by atoms with van der Waals surface area (Å²) >= 11 is 1.23. The molecule has 0 aliphatic carbocycles. The molecule has 7 heteroatoms. The monoisotopic (exact) mass is 314 g/mol. The molecule has 1 unspecified atom stereocenters. The van der Waals surface area contributed by atoms with Gasteiger partial charge in [-0.3, -0.25) is 4.79 Å². The highest BCUT2D eigenvalue weighted by atomic mass is 32.2. The Bertz CT molecular complexity index is 462. The third-order valence-corrected chi connectivity index (χ3v) is 4.56. The Hall–Kier alpha value is -1.08. The first-order chi connectivity index (χ1) is 9.86. The number of rotatable bonds is 9. The van der Waals surface area contributed by atoms with Gasteiger partial charge in [-0.15, -0.1) is 10.2 Å². The summed E-state index contributed by atoms with van der Waals surface area (Å²) in [5, 5.41) is 17.9. The first kappa shape index (κ1) is 18.0. The zero-order valence-corrected chi connectivity index (χ0v) is 14.4. The molecule has 1 atom stereocenters. The number of carboxylic acid groups (broad SMARTS) is 1. The number of hydrogen-bond acceptors (Lipinski definition) is 5. The van der Waals surface area contributed by atoms with Gasteiger partial charge in [-0.1, -0.05) is 32.5 Å². The largest absolute Gasteiger partial charge is 0.481 e. The van der Waals surface area contributed by atoms with Crippen molar-refractivity contribution in [2.75, 3.05) is 19.3 Å². The summed E-state index contributed by atoms with van der Waals surface area (Å²) in [6.07, 6.45) is 1.11. The second kappa shape index (κ2) is 8.38. The molecule has 0 aliphatic heterocycles. The van der Waals surface area contributed by atoms with Crippen molar-refractivity contribution in [3.8, 4) is 0 Å². The molecule has 0 aliphatic rings. The second-order valence-electron chi connectivity index (χ2n) is 5.57. The lowest BCUT2D eigenvalue weighted by Gasteiger charge is -2.24. The highest BCUT2D eigenvalue weighted by Crippen LogP contribution is 2.21. The molecule has 0 amide bonds. The summed E-state index contributed by atoms with van der Waals surface area (Å²) in [7, 11) is 2.11. The van der Waals surface area contributed by atoms with Crippen LogP contribution >= 0.6 is 11.8 Å². The molecule has 0 radical (unpaired) electrons. The van der Waals surface area contributed by atoms with Crippen LogP contribution in [0, 0.1) is 0 Å². The van der Waals surface area contributed by atoms with Gasteiger partial charge in [-0.25, -0.2) is 0 Å². The molecule has 0 spiro atoms. The third kappa shape index (κ3) is 5.32. The number of aliphatic carboxylic acids is 1. The molecule has 1 N–H and O–H groups in total. The van der Waals surface area contributed by atoms with Crippen LogP contribution in [-0.2, 0) is 11.3 Å². The topological polar surface area (TPSA) is 71.2 Å². The number of carbonyl (C=O) groups is 1. The van der Waals surface area contributed by atoms with Gasteiger partial charge in [-0.05, 0) is 20.4 Å². The lowest BCUT2D eigenvalue weighted by molar-refractivity contribution is -0.133. The van der Waals surface area contributed by atoms with Crippen LogP contribution in [0.3, 0.4) is 0 Å². The number of aromatic nitrogens is 3. The molecular formula is C14H26N4O2S. The minimum absolute atomic E-state index is 0.0113. The van der Waals surface area contributed by atoms with Gasteiger partial charge in [-0.2, -0.15) is 0 Å². The van der Waals surface area contributed by atoms with Crippen LogP contribution < -0.4 is 0 Å². The molecule has 6 nitrogen and oxygen atoms in total. The predicted octanol–water partition coefficient (Wildman–Crippen LogP) is 2.31. The highest BCUT2D eigenvalue weighted by Gasteiger charge is 2.17. The number of nitrogens with zero attached hydrogens (tertiary/aromatic N) is 4. The fraction of sp³-hybridized carbons (Fsp3) is 0.786. The van der Waals surface area contributed by atoms with Gasteiger partial charge in [0.15, 0.2) is 5.16 Å². The average Bonchev–Trinajstić information content (AvgIpc) is 2.84. The molecule has 0 saturated heterocycles. The van der Waals surface area contributed by atoms with E-state index in [0.29, 0.717) is 11.2 Å². The van der Waals surface area contributed by atoms with E-state index in [1.54, 1.807) is 0 Å². The van der Waals surface area contributed by atoms with Gasteiger partial charge in [0.2, 0.25) is 0 Å². The summed E-state index contributed by atoms with van der Waals surface area (Å²) in [5.74, 6) is 0.362. The maximum absolute atomic E-state index is 10.7. The number of thioether (sulfide) groups is 1. The van der Waals surface area contributed by atoms with Crippen molar-refractivity contribution < 1.29 is 9.90 Å². The molecule has 1 rings (SSSR count). The zero-order valence-electron chi connectivity index (χ0n) is 13.5. The van der Waals surface area contributed by atoms with E-state index in [9.17, 15) is 4.79 Å². The Balaban J connectivity index is 2.80. The van der Waals surface area contributed by atoms with Crippen LogP contribution in [0.25, 0.3) is 0 Å². The van der Waals surface area contributed by atoms with E-state index in [2.05, 4.69) is 54.4 Å². The van der Waals surface area contributed by atoms with Gasteiger partial charge in [0, 0.05) is 25.0 Å². The van der Waals surface area contributed by atoms with E-state index in [-0.39, 0.29) is 11.7 Å². The molecular weight excluding hydrogens is 288 g/mol. The van der Waals surface area contributed by atoms with Crippen LogP contribution in [-0.4, -0.2) is 56.1 Å². The standard InChI is InChI=1S/C14H26N4O2S/c1-6-11(4)17(5)7-8-18-13(10(2)3)15-16-14(18)21-9-12(19)20/h10-11H,6-9H2,1-5H3,(H,19,20). The normalized spacial score (nSPS) is 13.1. The molecule has 0 bridgehead atoms. The minimum atomic E-state index is -0.836. The van der Waals surface area contributed by atoms with Gasteiger partial charge < -0.3 is 14.6 Å². The van der Waals surface area contributed by atoms with Gasteiger partial charge >= 0.3 is 5.97 Å². The SMILES string of the molecule is CCC(C)N(C)CCn1c(SCC(=O)O)nnc1C(C)C. The first-order valence-electron chi connectivity index (χ1n) is 7.34. The van der Waals surface area contributed by atoms with Gasteiger partial charge in [0.1, 0.15) is 5.82 Å². The summed E-state index contributed by atoms with van der Waals surface area (Å²) in [4.78, 5) is 13.0. The van der Waals surface area contributed by atoms with Crippen molar-refractivity contribution in [3.63, 3.8) is 0 Å².